The van der Waals surface area contributed by atoms with Crippen molar-refractivity contribution in [3.05, 3.63) is 35.6 Å². The molecule has 1 aromatic rings. The van der Waals surface area contributed by atoms with Crippen LogP contribution in [0.15, 0.2) is 24.3 Å². The normalized spacial score (nSPS) is 13.1. The van der Waals surface area contributed by atoms with Gasteiger partial charge in [0.05, 0.1) is 0 Å². The number of rotatable bonds is 5. The zero-order valence-electron chi connectivity index (χ0n) is 9.76. The van der Waals surface area contributed by atoms with E-state index in [0.29, 0.717) is 5.92 Å². The third-order valence-corrected chi connectivity index (χ3v) is 2.41. The molecule has 0 saturated heterocycles. The van der Waals surface area contributed by atoms with Gasteiger partial charge >= 0.3 is 0 Å². The smallest absolute Gasteiger partial charge is 0.123 e. The van der Waals surface area contributed by atoms with Gasteiger partial charge in [0.25, 0.3) is 0 Å². The van der Waals surface area contributed by atoms with Gasteiger partial charge in [0.2, 0.25) is 0 Å². The Bertz CT molecular complexity index is 296. The highest BCUT2D eigenvalue weighted by Crippen LogP contribution is 2.21. The molecule has 0 aliphatic heterocycles. The Morgan fingerprint density at radius 3 is 2.60 bits per heavy atom. The van der Waals surface area contributed by atoms with Crippen LogP contribution in [-0.4, -0.2) is 6.54 Å². The Morgan fingerprint density at radius 2 is 2.07 bits per heavy atom. The maximum Gasteiger partial charge on any atom is 0.123 e. The molecule has 1 rings (SSSR count). The van der Waals surface area contributed by atoms with Crippen LogP contribution in [0.2, 0.25) is 0 Å². The molecular weight excluding hydrogens is 189 g/mol. The van der Waals surface area contributed by atoms with Crippen LogP contribution in [0.25, 0.3) is 0 Å². The summed E-state index contributed by atoms with van der Waals surface area (Å²) < 4.78 is 13.1. The molecule has 0 spiro atoms. The highest BCUT2D eigenvalue weighted by molar-refractivity contribution is 5.20. The number of benzene rings is 1. The summed E-state index contributed by atoms with van der Waals surface area (Å²) in [7, 11) is 0. The first-order valence-corrected chi connectivity index (χ1v) is 5.62. The van der Waals surface area contributed by atoms with E-state index in [1.807, 2.05) is 6.07 Å². The third-order valence-electron chi connectivity index (χ3n) is 2.41. The average molecular weight is 209 g/mol. The van der Waals surface area contributed by atoms with Crippen LogP contribution < -0.4 is 5.32 Å². The largest absolute Gasteiger partial charge is 0.310 e. The summed E-state index contributed by atoms with van der Waals surface area (Å²) in [6.45, 7) is 7.35. The lowest BCUT2D eigenvalue weighted by Crippen LogP contribution is -2.22. The Hall–Kier alpha value is -0.890. The minimum atomic E-state index is -0.154. The van der Waals surface area contributed by atoms with E-state index in [9.17, 15) is 4.39 Å². The molecule has 1 N–H and O–H groups in total. The number of halogens is 1. The Morgan fingerprint density at radius 1 is 1.33 bits per heavy atom. The predicted molar refractivity (Wildman–Crippen MR) is 62.3 cm³/mol. The molecule has 1 atom stereocenters. The van der Waals surface area contributed by atoms with Crippen LogP contribution in [0.1, 0.15) is 38.8 Å². The van der Waals surface area contributed by atoms with Gasteiger partial charge in [-0.25, -0.2) is 4.39 Å². The molecule has 0 amide bonds. The zero-order valence-corrected chi connectivity index (χ0v) is 9.76. The third kappa shape index (κ3) is 4.00. The summed E-state index contributed by atoms with van der Waals surface area (Å²) in [6, 6.07) is 7.14. The minimum absolute atomic E-state index is 0.154. The van der Waals surface area contributed by atoms with Crippen molar-refractivity contribution in [2.45, 2.75) is 33.2 Å². The molecule has 1 nitrogen and oxygen atoms in total. The Balaban J connectivity index is 2.78. The SMILES string of the molecule is CCNC(CC(C)C)c1cccc(F)c1. The van der Waals surface area contributed by atoms with Gasteiger partial charge in [0, 0.05) is 6.04 Å². The second kappa shape index (κ2) is 5.86. The fourth-order valence-electron chi connectivity index (χ4n) is 1.78. The van der Waals surface area contributed by atoms with Crippen LogP contribution >= 0.6 is 0 Å². The van der Waals surface area contributed by atoms with Gasteiger partial charge in [0.15, 0.2) is 0 Å². The Kier molecular flexibility index (Phi) is 4.76. The summed E-state index contributed by atoms with van der Waals surface area (Å²) >= 11 is 0. The first-order valence-electron chi connectivity index (χ1n) is 5.62. The quantitative estimate of drug-likeness (QED) is 0.782. The summed E-state index contributed by atoms with van der Waals surface area (Å²) in [4.78, 5) is 0. The van der Waals surface area contributed by atoms with E-state index in [0.717, 1.165) is 18.5 Å². The standard InChI is InChI=1S/C13H20FN/c1-4-15-13(8-10(2)3)11-6-5-7-12(14)9-11/h5-7,9-10,13,15H,4,8H2,1-3H3. The molecule has 84 valence electrons. The average Bonchev–Trinajstić information content (AvgIpc) is 2.16. The lowest BCUT2D eigenvalue weighted by molar-refractivity contribution is 0.437. The summed E-state index contributed by atoms with van der Waals surface area (Å²) in [6.07, 6.45) is 1.04. The molecule has 0 saturated carbocycles. The van der Waals surface area contributed by atoms with Crippen molar-refractivity contribution in [2.75, 3.05) is 6.54 Å². The highest BCUT2D eigenvalue weighted by atomic mass is 19.1. The molecule has 1 aromatic carbocycles. The molecule has 2 heteroatoms. The molecular formula is C13H20FN. The minimum Gasteiger partial charge on any atom is -0.310 e. The van der Waals surface area contributed by atoms with E-state index in [1.165, 1.54) is 6.07 Å². The van der Waals surface area contributed by atoms with Crippen LogP contribution in [0.5, 0.6) is 0 Å². The molecule has 15 heavy (non-hydrogen) atoms. The van der Waals surface area contributed by atoms with Crippen molar-refractivity contribution in [2.24, 2.45) is 5.92 Å². The van der Waals surface area contributed by atoms with Crippen molar-refractivity contribution in [3.63, 3.8) is 0 Å². The van der Waals surface area contributed by atoms with Crippen molar-refractivity contribution in [1.82, 2.24) is 5.32 Å². The van der Waals surface area contributed by atoms with Gasteiger partial charge in [0.1, 0.15) is 5.82 Å². The monoisotopic (exact) mass is 209 g/mol. The van der Waals surface area contributed by atoms with Gasteiger partial charge in [-0.2, -0.15) is 0 Å². The summed E-state index contributed by atoms with van der Waals surface area (Å²) in [5.41, 5.74) is 1.05. The van der Waals surface area contributed by atoms with E-state index in [4.69, 9.17) is 0 Å². The van der Waals surface area contributed by atoms with Crippen molar-refractivity contribution < 1.29 is 4.39 Å². The molecule has 0 radical (unpaired) electrons. The molecule has 0 aliphatic carbocycles. The zero-order chi connectivity index (χ0) is 11.3. The molecule has 0 bridgehead atoms. The van der Waals surface area contributed by atoms with Gasteiger partial charge in [-0.15, -0.1) is 0 Å². The molecule has 0 aromatic heterocycles. The van der Waals surface area contributed by atoms with Crippen LogP contribution in [0.3, 0.4) is 0 Å². The Labute approximate surface area is 91.7 Å². The maximum absolute atomic E-state index is 13.1. The molecule has 0 aliphatic rings. The van der Waals surface area contributed by atoms with Gasteiger partial charge in [-0.1, -0.05) is 32.9 Å². The van der Waals surface area contributed by atoms with Crippen molar-refractivity contribution in [3.8, 4) is 0 Å². The van der Waals surface area contributed by atoms with E-state index in [-0.39, 0.29) is 11.9 Å². The highest BCUT2D eigenvalue weighted by Gasteiger charge is 2.12. The van der Waals surface area contributed by atoms with Gasteiger partial charge < -0.3 is 5.32 Å². The van der Waals surface area contributed by atoms with Crippen LogP contribution in [0.4, 0.5) is 4.39 Å². The van der Waals surface area contributed by atoms with Crippen LogP contribution in [0, 0.1) is 11.7 Å². The molecule has 0 fully saturated rings. The van der Waals surface area contributed by atoms with Crippen LogP contribution in [-0.2, 0) is 0 Å². The van der Waals surface area contributed by atoms with Crippen molar-refractivity contribution in [1.29, 1.82) is 0 Å². The first-order chi connectivity index (χ1) is 7.13. The van der Waals surface area contributed by atoms with Crippen molar-refractivity contribution >= 4 is 0 Å². The summed E-state index contributed by atoms with van der Waals surface area (Å²) in [5, 5.41) is 3.39. The van der Waals surface area contributed by atoms with E-state index < -0.39 is 0 Å². The number of hydrogen-bond donors (Lipinski definition) is 1. The van der Waals surface area contributed by atoms with E-state index in [1.54, 1.807) is 12.1 Å². The second-order valence-corrected chi connectivity index (χ2v) is 4.29. The van der Waals surface area contributed by atoms with Gasteiger partial charge in [-0.05, 0) is 36.6 Å². The maximum atomic E-state index is 13.1. The lowest BCUT2D eigenvalue weighted by atomic mass is 9.97. The first kappa shape index (κ1) is 12.2. The molecule has 0 heterocycles. The fourth-order valence-corrected chi connectivity index (χ4v) is 1.78. The fraction of sp³-hybridized carbons (Fsp3) is 0.538. The predicted octanol–water partition coefficient (Wildman–Crippen LogP) is 3.52. The van der Waals surface area contributed by atoms with E-state index >= 15 is 0 Å². The lowest BCUT2D eigenvalue weighted by Gasteiger charge is -2.20. The second-order valence-electron chi connectivity index (χ2n) is 4.29. The number of hydrogen-bond acceptors (Lipinski definition) is 1. The topological polar surface area (TPSA) is 12.0 Å². The molecule has 1 unspecified atom stereocenters. The van der Waals surface area contributed by atoms with E-state index in [2.05, 4.69) is 26.1 Å². The number of nitrogens with one attached hydrogen (secondary N) is 1. The summed E-state index contributed by atoms with van der Waals surface area (Å²) in [5.74, 6) is 0.455. The van der Waals surface area contributed by atoms with Gasteiger partial charge in [-0.3, -0.25) is 0 Å².